The van der Waals surface area contributed by atoms with Crippen molar-refractivity contribution >= 4 is 42.8 Å². The van der Waals surface area contributed by atoms with E-state index in [9.17, 15) is 24.0 Å². The molecule has 121 heavy (non-hydrogen) atoms. The number of unbranched alkanes of at least 4 members (excludes halogenated alkanes) is 13. The number of hydrogen-bond donors (Lipinski definition) is 0. The second-order valence-corrected chi connectivity index (χ2v) is 29.7. The summed E-state index contributed by atoms with van der Waals surface area (Å²) in [5, 5.41) is 26.6. The lowest BCUT2D eigenvalue weighted by Gasteiger charge is -2.05. The van der Waals surface area contributed by atoms with Crippen LogP contribution < -0.4 is 18.9 Å². The summed E-state index contributed by atoms with van der Waals surface area (Å²) in [6.07, 6.45) is 26.5. The van der Waals surface area contributed by atoms with Crippen LogP contribution in [0, 0.1) is 0 Å². The first-order valence-electron chi connectivity index (χ1n) is 41.8. The summed E-state index contributed by atoms with van der Waals surface area (Å²) in [6.45, 7) is 13.9. The lowest BCUT2D eigenvalue weighted by molar-refractivity contribution is 0.111. The summed E-state index contributed by atoms with van der Waals surface area (Å²) in [5.74, 6) is 6.72. The molecule has 9 aromatic carbocycles. The molecule has 0 saturated heterocycles. The number of carbonyl (C=O) groups is 5. The zero-order chi connectivity index (χ0) is 84.9. The molecule has 21 heteroatoms. The van der Waals surface area contributed by atoms with Crippen LogP contribution in [0.3, 0.4) is 0 Å². The van der Waals surface area contributed by atoms with E-state index in [1.165, 1.54) is 94.8 Å². The molecule has 0 aliphatic carbocycles. The number of aldehydes is 5. The van der Waals surface area contributed by atoms with Crippen LogP contribution in [0.5, 0.6) is 23.0 Å². The maximum Gasteiger partial charge on any atom is 0.258 e. The van der Waals surface area contributed by atoms with Crippen LogP contribution >= 0.6 is 11.3 Å². The van der Waals surface area contributed by atoms with Gasteiger partial charge in [-0.15, -0.1) is 10.2 Å². The van der Waals surface area contributed by atoms with Gasteiger partial charge < -0.3 is 37.0 Å². The van der Waals surface area contributed by atoms with Crippen molar-refractivity contribution in [2.45, 2.75) is 157 Å². The molecule has 0 aliphatic heterocycles. The van der Waals surface area contributed by atoms with E-state index in [0.29, 0.717) is 51.1 Å². The minimum absolute atomic E-state index is 0.423. The maximum atomic E-state index is 10.7. The second kappa shape index (κ2) is 50.6. The molecule has 0 unspecified atom stereocenters. The van der Waals surface area contributed by atoms with Gasteiger partial charge >= 0.3 is 0 Å². The number of carbonyl (C=O) groups excluding carboxylic acids is 5. The third-order valence-electron chi connectivity index (χ3n) is 19.4. The van der Waals surface area contributed by atoms with Crippen LogP contribution in [0.15, 0.2) is 255 Å². The standard InChI is InChI=1S/2C21H21NO3.C20H20N2O3.C20H20N2O2S.C18H23NO2/c1-2-3-4-13-24-19-11-9-17(10-12-19)20-14-21(25-22-20)18-7-5-16(15-23)6-8-18;1-2-3-4-13-24-19-11-9-18(10-12-19)21-14-20(22-25-21)17-7-5-16(15-23)6-8-17;1-2-3-4-13-24-18-11-9-16(10-12-18)19-21-20(25-22-19)17-7-5-15(14-23)6-8-17;1-2-3-4-13-24-18-11-9-17(10-12-18)20-22-21-19(25-20)16-7-5-15(14-23)6-8-16;1-2-3-4-5-6-7-8-17-13-18(19-21-17)16-11-9-15(14-20)10-12-16/h2*5-12,14-15H,2-4,13H2,1H3;2*5-12,14H,2-4,13H2,1H3;9-14H,2-8H2,1H3. The van der Waals surface area contributed by atoms with Gasteiger partial charge in [0.2, 0.25) is 5.82 Å². The highest BCUT2D eigenvalue weighted by atomic mass is 32.1. The van der Waals surface area contributed by atoms with Gasteiger partial charge in [0.25, 0.3) is 5.89 Å². The van der Waals surface area contributed by atoms with Crippen LogP contribution in [0.25, 0.3) is 100 Å². The molecule has 0 spiro atoms. The first-order valence-corrected chi connectivity index (χ1v) is 42.6. The zero-order valence-electron chi connectivity index (χ0n) is 69.5. The molecule has 5 aromatic heterocycles. The maximum absolute atomic E-state index is 10.7. The highest BCUT2D eigenvalue weighted by Crippen LogP contribution is 2.34. The summed E-state index contributed by atoms with van der Waals surface area (Å²) in [5.41, 5.74) is 13.9. The number of aryl methyl sites for hydroxylation is 1. The van der Waals surface area contributed by atoms with Gasteiger partial charge in [-0.2, -0.15) is 4.98 Å². The Labute approximate surface area is 712 Å². The third-order valence-corrected chi connectivity index (χ3v) is 20.4. The van der Waals surface area contributed by atoms with Crippen LogP contribution in [-0.4, -0.2) is 93.7 Å². The molecular formula is C100H105N7O13S. The van der Waals surface area contributed by atoms with Crippen LogP contribution in [0.1, 0.15) is 208 Å². The van der Waals surface area contributed by atoms with Gasteiger partial charge in [0, 0.05) is 103 Å². The minimum Gasteiger partial charge on any atom is -0.494 e. The number of nitrogens with zero attached hydrogens (tertiary/aromatic N) is 7. The number of rotatable bonds is 41. The van der Waals surface area contributed by atoms with Gasteiger partial charge in [0.05, 0.1) is 26.4 Å². The molecule has 0 atom stereocenters. The van der Waals surface area contributed by atoms with E-state index < -0.39 is 0 Å². The number of hydrogen-bond acceptors (Lipinski definition) is 21. The summed E-state index contributed by atoms with van der Waals surface area (Å²) in [6, 6.07) is 73.3. The Hall–Kier alpha value is -13.1. The fourth-order valence-electron chi connectivity index (χ4n) is 12.3. The van der Waals surface area contributed by atoms with Crippen molar-refractivity contribution in [3.05, 3.63) is 270 Å². The molecule has 0 bridgehead atoms. The van der Waals surface area contributed by atoms with Crippen LogP contribution in [0.2, 0.25) is 0 Å². The third kappa shape index (κ3) is 29.4. The highest BCUT2D eigenvalue weighted by Gasteiger charge is 2.16. The Kier molecular flexibility index (Phi) is 37.7. The molecule has 0 radical (unpaired) electrons. The summed E-state index contributed by atoms with van der Waals surface area (Å²) in [7, 11) is 0. The van der Waals surface area contributed by atoms with Gasteiger partial charge in [-0.05, 0) is 141 Å². The van der Waals surface area contributed by atoms with E-state index in [-0.39, 0.29) is 0 Å². The molecule has 14 rings (SSSR count). The van der Waals surface area contributed by atoms with Gasteiger partial charge in [0.15, 0.2) is 11.5 Å². The van der Waals surface area contributed by atoms with Crippen molar-refractivity contribution in [2.24, 2.45) is 0 Å². The molecule has 14 aromatic rings. The number of aromatic nitrogens is 7. The molecule has 0 fully saturated rings. The topological polar surface area (TPSA) is 265 Å². The van der Waals surface area contributed by atoms with Crippen molar-refractivity contribution in [3.8, 4) is 123 Å². The Balaban J connectivity index is 0.000000159. The Morgan fingerprint density at radius 3 is 0.942 bits per heavy atom. The Bertz CT molecular complexity index is 4750. The van der Waals surface area contributed by atoms with Crippen LogP contribution in [-0.2, 0) is 6.42 Å². The average Bonchev–Trinajstić information content (AvgIpc) is 1.72. The van der Waals surface area contributed by atoms with Gasteiger partial charge in [0.1, 0.15) is 87.3 Å². The first-order chi connectivity index (χ1) is 59.5. The van der Waals surface area contributed by atoms with E-state index in [2.05, 4.69) is 70.4 Å². The Morgan fingerprint density at radius 1 is 0.281 bits per heavy atom. The molecular weight excluding hydrogens is 1540 g/mol. The lowest BCUT2D eigenvalue weighted by Crippen LogP contribution is -1.96. The molecule has 0 saturated carbocycles. The fraction of sp³-hybridized carbons (Fsp3) is 0.280. The second-order valence-electron chi connectivity index (χ2n) is 28.7. The summed E-state index contributed by atoms with van der Waals surface area (Å²) in [4.78, 5) is 57.9. The normalized spacial score (nSPS) is 10.6. The van der Waals surface area contributed by atoms with Gasteiger partial charge in [-0.1, -0.05) is 259 Å². The van der Waals surface area contributed by atoms with E-state index in [0.717, 1.165) is 202 Å². The largest absolute Gasteiger partial charge is 0.494 e. The predicted molar refractivity (Wildman–Crippen MR) is 477 cm³/mol. The zero-order valence-corrected chi connectivity index (χ0v) is 70.3. The van der Waals surface area contributed by atoms with Crippen molar-refractivity contribution < 1.29 is 61.0 Å². The molecule has 20 nitrogen and oxygen atoms in total. The smallest absolute Gasteiger partial charge is 0.258 e. The molecule has 0 amide bonds. The Morgan fingerprint density at radius 2 is 0.570 bits per heavy atom. The monoisotopic (exact) mass is 1640 g/mol. The molecule has 0 aliphatic rings. The van der Waals surface area contributed by atoms with Crippen molar-refractivity contribution in [1.29, 1.82) is 0 Å². The number of ether oxygens (including phenoxy) is 4. The predicted octanol–water partition coefficient (Wildman–Crippen LogP) is 25.9. The van der Waals surface area contributed by atoms with E-state index >= 15 is 0 Å². The number of benzene rings is 9. The highest BCUT2D eigenvalue weighted by molar-refractivity contribution is 7.17. The van der Waals surface area contributed by atoms with E-state index in [1.54, 1.807) is 72.8 Å². The van der Waals surface area contributed by atoms with Crippen molar-refractivity contribution in [1.82, 2.24) is 35.8 Å². The fourth-order valence-corrected chi connectivity index (χ4v) is 13.1. The quantitative estimate of drug-likeness (QED) is 0.0254. The minimum atomic E-state index is 0.423. The molecule has 5 heterocycles. The van der Waals surface area contributed by atoms with Crippen molar-refractivity contribution in [3.63, 3.8) is 0 Å². The van der Waals surface area contributed by atoms with Gasteiger partial charge in [-0.3, -0.25) is 24.0 Å². The van der Waals surface area contributed by atoms with Crippen molar-refractivity contribution in [2.75, 3.05) is 26.4 Å². The van der Waals surface area contributed by atoms with Gasteiger partial charge in [-0.25, -0.2) is 0 Å². The van der Waals surface area contributed by atoms with E-state index in [1.807, 2.05) is 164 Å². The van der Waals surface area contributed by atoms with E-state index in [4.69, 9.17) is 37.0 Å². The van der Waals surface area contributed by atoms with Crippen LogP contribution in [0.4, 0.5) is 0 Å². The average molecular weight is 1650 g/mol. The molecule has 0 N–H and O–H groups in total. The summed E-state index contributed by atoms with van der Waals surface area (Å²) >= 11 is 1.53. The SMILES string of the molecule is CCCCCCCCc1cc(-c2ccc(C=O)cc2)no1.CCCCCOc1ccc(-c2cc(-c3ccc(C=O)cc3)no2)cc1.CCCCCOc1ccc(-c2cc(-c3ccc(C=O)cc3)on2)cc1.CCCCCOc1ccc(-c2nnc(-c3ccc(C=O)cc3)s2)cc1.CCCCCOc1ccc(-c2noc(-c3ccc(C=O)cc3)n2)cc1. The lowest BCUT2D eigenvalue weighted by atomic mass is 10.1. The summed E-state index contributed by atoms with van der Waals surface area (Å²) < 4.78 is 44.5. The first kappa shape index (κ1) is 90.2. The molecule has 624 valence electrons.